The Morgan fingerprint density at radius 3 is 1.88 bits per heavy atom. The van der Waals surface area contributed by atoms with Crippen LogP contribution < -0.4 is 11.1 Å². The smallest absolute Gasteiger partial charge is 0.330 e. The Labute approximate surface area is 102 Å². The van der Waals surface area contributed by atoms with E-state index in [0.29, 0.717) is 6.54 Å². The molecule has 0 fully saturated rings. The van der Waals surface area contributed by atoms with Gasteiger partial charge in [0.1, 0.15) is 0 Å². The van der Waals surface area contributed by atoms with Crippen LogP contribution in [0.4, 0.5) is 13.2 Å². The minimum atomic E-state index is -4.14. The largest absolute Gasteiger partial charge is 0.401 e. The fourth-order valence-electron chi connectivity index (χ4n) is 2.33. The normalized spacial score (nSPS) is 13.1. The van der Waals surface area contributed by atoms with E-state index in [1.54, 1.807) is 0 Å². The predicted octanol–water partition coefficient (Wildman–Crippen LogP) is 3.22. The molecule has 0 aliphatic rings. The molecule has 0 saturated heterocycles. The molecule has 0 bridgehead atoms. The van der Waals surface area contributed by atoms with Crippen LogP contribution in [-0.2, 0) is 0 Å². The fourth-order valence-corrected chi connectivity index (χ4v) is 2.33. The van der Waals surface area contributed by atoms with Gasteiger partial charge in [-0.1, -0.05) is 26.7 Å². The van der Waals surface area contributed by atoms with Crippen LogP contribution in [0.2, 0.25) is 0 Å². The van der Waals surface area contributed by atoms with Gasteiger partial charge in [0.25, 0.3) is 0 Å². The number of nitrogens with one attached hydrogen (secondary N) is 1. The Balaban J connectivity index is 4.51. The molecule has 0 radical (unpaired) electrons. The maximum absolute atomic E-state index is 12.3. The van der Waals surface area contributed by atoms with Crippen LogP contribution in [0, 0.1) is 0 Å². The quantitative estimate of drug-likeness (QED) is 0.663. The van der Waals surface area contributed by atoms with Gasteiger partial charge in [-0.05, 0) is 32.2 Å². The van der Waals surface area contributed by atoms with E-state index < -0.39 is 18.3 Å². The highest BCUT2D eigenvalue weighted by Crippen LogP contribution is 2.26. The van der Waals surface area contributed by atoms with Crippen molar-refractivity contribution in [2.75, 3.05) is 13.1 Å². The van der Waals surface area contributed by atoms with Gasteiger partial charge in [-0.2, -0.15) is 13.2 Å². The summed E-state index contributed by atoms with van der Waals surface area (Å²) in [6, 6.07) is 0. The van der Waals surface area contributed by atoms with E-state index in [9.17, 15) is 13.2 Å². The van der Waals surface area contributed by atoms with Crippen LogP contribution in [0.3, 0.4) is 0 Å². The molecule has 3 N–H and O–H groups in total. The first-order valence-electron chi connectivity index (χ1n) is 6.41. The molecule has 0 amide bonds. The standard InChI is InChI=1S/C12H25F3N2/c1-3-6-11(7-4-2,8-5-9-16)17-10-12(13,14)15/h17H,3-10,16H2,1-2H3. The number of hydrogen-bond donors (Lipinski definition) is 2. The van der Waals surface area contributed by atoms with Gasteiger partial charge < -0.3 is 11.1 Å². The predicted molar refractivity (Wildman–Crippen MR) is 64.9 cm³/mol. The topological polar surface area (TPSA) is 38.0 Å². The van der Waals surface area contributed by atoms with Crippen LogP contribution in [0.15, 0.2) is 0 Å². The van der Waals surface area contributed by atoms with E-state index in [4.69, 9.17) is 5.73 Å². The van der Waals surface area contributed by atoms with E-state index in [2.05, 4.69) is 5.32 Å². The molecular formula is C12H25F3N2. The number of alkyl halides is 3. The lowest BCUT2D eigenvalue weighted by molar-refractivity contribution is -0.129. The van der Waals surface area contributed by atoms with Gasteiger partial charge in [0, 0.05) is 5.54 Å². The zero-order valence-electron chi connectivity index (χ0n) is 10.9. The van der Waals surface area contributed by atoms with Crippen molar-refractivity contribution in [1.29, 1.82) is 0 Å². The van der Waals surface area contributed by atoms with Crippen LogP contribution in [0.5, 0.6) is 0 Å². The highest BCUT2D eigenvalue weighted by molar-refractivity contribution is 4.88. The molecule has 17 heavy (non-hydrogen) atoms. The van der Waals surface area contributed by atoms with Crippen molar-refractivity contribution in [3.63, 3.8) is 0 Å². The molecule has 0 aliphatic heterocycles. The first-order chi connectivity index (χ1) is 7.89. The zero-order chi connectivity index (χ0) is 13.4. The van der Waals surface area contributed by atoms with Crippen LogP contribution in [-0.4, -0.2) is 24.8 Å². The Kier molecular flexibility index (Phi) is 7.79. The molecule has 5 heteroatoms. The van der Waals surface area contributed by atoms with Crippen molar-refractivity contribution in [2.45, 2.75) is 64.1 Å². The number of halogens is 3. The summed E-state index contributed by atoms with van der Waals surface area (Å²) >= 11 is 0. The third-order valence-electron chi connectivity index (χ3n) is 2.98. The SMILES string of the molecule is CCCC(CCC)(CCCN)NCC(F)(F)F. The molecule has 0 heterocycles. The highest BCUT2D eigenvalue weighted by Gasteiger charge is 2.34. The first-order valence-corrected chi connectivity index (χ1v) is 6.41. The molecule has 104 valence electrons. The average molecular weight is 254 g/mol. The van der Waals surface area contributed by atoms with Crippen molar-refractivity contribution >= 4 is 0 Å². The van der Waals surface area contributed by atoms with E-state index in [-0.39, 0.29) is 0 Å². The zero-order valence-corrected chi connectivity index (χ0v) is 10.9. The molecular weight excluding hydrogens is 229 g/mol. The average Bonchev–Trinajstić information content (AvgIpc) is 2.23. The fraction of sp³-hybridized carbons (Fsp3) is 1.00. The third kappa shape index (κ3) is 7.60. The number of hydrogen-bond acceptors (Lipinski definition) is 2. The number of rotatable bonds is 9. The summed E-state index contributed by atoms with van der Waals surface area (Å²) in [4.78, 5) is 0. The summed E-state index contributed by atoms with van der Waals surface area (Å²) < 4.78 is 36.9. The Morgan fingerprint density at radius 1 is 1.00 bits per heavy atom. The van der Waals surface area contributed by atoms with Crippen LogP contribution >= 0.6 is 0 Å². The molecule has 0 aliphatic carbocycles. The van der Waals surface area contributed by atoms with Gasteiger partial charge in [-0.15, -0.1) is 0 Å². The third-order valence-corrected chi connectivity index (χ3v) is 2.98. The molecule has 0 aromatic carbocycles. The second kappa shape index (κ2) is 7.93. The molecule has 0 rings (SSSR count). The summed E-state index contributed by atoms with van der Waals surface area (Å²) in [5.74, 6) is 0. The molecule has 0 spiro atoms. The van der Waals surface area contributed by atoms with Gasteiger partial charge in [-0.3, -0.25) is 0 Å². The lowest BCUT2D eigenvalue weighted by atomic mass is 9.84. The molecule has 0 saturated carbocycles. The van der Waals surface area contributed by atoms with Crippen molar-refractivity contribution in [3.05, 3.63) is 0 Å². The first kappa shape index (κ1) is 16.7. The lowest BCUT2D eigenvalue weighted by Crippen LogP contribution is -2.49. The van der Waals surface area contributed by atoms with Crippen LogP contribution in [0.1, 0.15) is 52.4 Å². The maximum atomic E-state index is 12.3. The highest BCUT2D eigenvalue weighted by atomic mass is 19.4. The van der Waals surface area contributed by atoms with Gasteiger partial charge in [-0.25, -0.2) is 0 Å². The van der Waals surface area contributed by atoms with Crippen molar-refractivity contribution in [2.24, 2.45) is 5.73 Å². The maximum Gasteiger partial charge on any atom is 0.401 e. The summed E-state index contributed by atoms with van der Waals surface area (Å²) in [6.45, 7) is 3.63. The monoisotopic (exact) mass is 254 g/mol. The van der Waals surface area contributed by atoms with Crippen LogP contribution in [0.25, 0.3) is 0 Å². The second-order valence-corrected chi connectivity index (χ2v) is 4.64. The minimum Gasteiger partial charge on any atom is -0.330 e. The summed E-state index contributed by atoms with van der Waals surface area (Å²) in [7, 11) is 0. The molecule has 0 aromatic rings. The molecule has 0 unspecified atom stereocenters. The summed E-state index contributed by atoms with van der Waals surface area (Å²) in [6.07, 6.45) is 0.667. The molecule has 0 aromatic heterocycles. The van der Waals surface area contributed by atoms with Crippen molar-refractivity contribution < 1.29 is 13.2 Å². The molecule has 2 nitrogen and oxygen atoms in total. The van der Waals surface area contributed by atoms with Crippen molar-refractivity contribution in [1.82, 2.24) is 5.32 Å². The lowest BCUT2D eigenvalue weighted by Gasteiger charge is -2.35. The van der Waals surface area contributed by atoms with Gasteiger partial charge >= 0.3 is 6.18 Å². The van der Waals surface area contributed by atoms with E-state index in [0.717, 1.165) is 38.5 Å². The van der Waals surface area contributed by atoms with Crippen molar-refractivity contribution in [3.8, 4) is 0 Å². The second-order valence-electron chi connectivity index (χ2n) is 4.64. The summed E-state index contributed by atoms with van der Waals surface area (Å²) in [5, 5.41) is 2.73. The van der Waals surface area contributed by atoms with E-state index in [1.165, 1.54) is 0 Å². The Bertz CT molecular complexity index is 187. The van der Waals surface area contributed by atoms with Gasteiger partial charge in [0.15, 0.2) is 0 Å². The summed E-state index contributed by atoms with van der Waals surface area (Å²) in [5.41, 5.74) is 5.07. The number of nitrogens with two attached hydrogens (primary N) is 1. The Morgan fingerprint density at radius 2 is 1.53 bits per heavy atom. The van der Waals surface area contributed by atoms with E-state index >= 15 is 0 Å². The van der Waals surface area contributed by atoms with Gasteiger partial charge in [0.2, 0.25) is 0 Å². The van der Waals surface area contributed by atoms with E-state index in [1.807, 2.05) is 13.8 Å². The Hall–Kier alpha value is -0.290. The van der Waals surface area contributed by atoms with Gasteiger partial charge in [0.05, 0.1) is 6.54 Å². The minimum absolute atomic E-state index is 0.390. The molecule has 0 atom stereocenters.